The molecule has 1 aliphatic heterocycles. The summed E-state index contributed by atoms with van der Waals surface area (Å²) in [6.07, 6.45) is 3.85. The van der Waals surface area contributed by atoms with Gasteiger partial charge in [-0.15, -0.1) is 0 Å². The standard InChI is InChI=1S/C26H31NO5/c1-6-31-24-14-18(8-10-22(24)29-4)12-20-16-27(3)17-21(26(20)28)13-19-9-11-23(30-5)25(15-19)32-7-2/h8-15H,6-7,16-17H2,1-5H3/b20-12+,21-13+. The maximum absolute atomic E-state index is 13.3. The van der Waals surface area contributed by atoms with Crippen molar-refractivity contribution in [3.05, 3.63) is 58.7 Å². The quantitative estimate of drug-likeness (QED) is 0.568. The molecule has 0 aromatic heterocycles. The molecule has 2 aromatic rings. The van der Waals surface area contributed by atoms with Gasteiger partial charge >= 0.3 is 0 Å². The number of rotatable bonds is 8. The third-order valence-corrected chi connectivity index (χ3v) is 5.12. The van der Waals surface area contributed by atoms with Gasteiger partial charge in [-0.2, -0.15) is 0 Å². The summed E-state index contributed by atoms with van der Waals surface area (Å²) in [6.45, 7) is 6.10. The molecule has 0 unspecified atom stereocenters. The van der Waals surface area contributed by atoms with Crippen LogP contribution in [0.4, 0.5) is 0 Å². The number of ketones is 1. The zero-order valence-corrected chi connectivity index (χ0v) is 19.4. The predicted octanol–water partition coefficient (Wildman–Crippen LogP) is 4.48. The van der Waals surface area contributed by atoms with Crippen molar-refractivity contribution in [1.82, 2.24) is 4.90 Å². The summed E-state index contributed by atoms with van der Waals surface area (Å²) in [6, 6.07) is 11.4. The molecule has 0 atom stereocenters. The van der Waals surface area contributed by atoms with Crippen molar-refractivity contribution in [2.45, 2.75) is 13.8 Å². The lowest BCUT2D eigenvalue weighted by Crippen LogP contribution is -2.34. The molecule has 1 fully saturated rings. The fraction of sp³-hybridized carbons (Fsp3) is 0.346. The van der Waals surface area contributed by atoms with E-state index in [2.05, 4.69) is 4.90 Å². The molecule has 0 bridgehead atoms. The fourth-order valence-corrected chi connectivity index (χ4v) is 3.71. The van der Waals surface area contributed by atoms with E-state index in [1.54, 1.807) is 14.2 Å². The van der Waals surface area contributed by atoms with E-state index >= 15 is 0 Å². The molecule has 170 valence electrons. The number of ether oxygens (including phenoxy) is 4. The highest BCUT2D eigenvalue weighted by Crippen LogP contribution is 2.31. The van der Waals surface area contributed by atoms with Crippen LogP contribution in [0.1, 0.15) is 25.0 Å². The Morgan fingerprint density at radius 3 is 1.59 bits per heavy atom. The van der Waals surface area contributed by atoms with Gasteiger partial charge in [-0.3, -0.25) is 9.69 Å². The SMILES string of the molecule is CCOc1cc(/C=C2\CN(C)C/C(=C\c3ccc(OC)c(OCC)c3)C2=O)ccc1OC. The molecule has 1 aliphatic rings. The Bertz CT molecular complexity index is 945. The summed E-state index contributed by atoms with van der Waals surface area (Å²) < 4.78 is 22.1. The van der Waals surface area contributed by atoms with Crippen molar-refractivity contribution in [2.75, 3.05) is 47.6 Å². The molecule has 32 heavy (non-hydrogen) atoms. The molecule has 6 nitrogen and oxygen atoms in total. The number of likely N-dealkylation sites (tertiary alicyclic amines) is 1. The molecule has 0 spiro atoms. The van der Waals surface area contributed by atoms with Crippen molar-refractivity contribution < 1.29 is 23.7 Å². The van der Waals surface area contributed by atoms with Crippen LogP contribution in [-0.4, -0.2) is 58.3 Å². The van der Waals surface area contributed by atoms with Crippen molar-refractivity contribution >= 4 is 17.9 Å². The molecule has 0 N–H and O–H groups in total. The number of Topliss-reactive ketones (excluding diaryl/α,β-unsaturated/α-hetero) is 1. The summed E-state index contributed by atoms with van der Waals surface area (Å²) in [5.41, 5.74) is 3.26. The lowest BCUT2D eigenvalue weighted by atomic mass is 9.94. The number of nitrogens with zero attached hydrogens (tertiary/aromatic N) is 1. The van der Waals surface area contributed by atoms with Crippen LogP contribution < -0.4 is 18.9 Å². The van der Waals surface area contributed by atoms with Crippen LogP contribution in [0, 0.1) is 0 Å². The Balaban J connectivity index is 1.92. The minimum atomic E-state index is 0.0469. The van der Waals surface area contributed by atoms with Gasteiger partial charge in [0.05, 0.1) is 27.4 Å². The Kier molecular flexibility index (Phi) is 7.95. The van der Waals surface area contributed by atoms with Gasteiger partial charge in [-0.05, 0) is 68.4 Å². The van der Waals surface area contributed by atoms with Crippen LogP contribution in [0.3, 0.4) is 0 Å². The third-order valence-electron chi connectivity index (χ3n) is 5.12. The van der Waals surface area contributed by atoms with Gasteiger partial charge in [-0.1, -0.05) is 12.1 Å². The lowest BCUT2D eigenvalue weighted by Gasteiger charge is -2.26. The number of hydrogen-bond acceptors (Lipinski definition) is 6. The first-order chi connectivity index (χ1) is 15.5. The molecule has 0 saturated carbocycles. The fourth-order valence-electron chi connectivity index (χ4n) is 3.71. The molecule has 1 saturated heterocycles. The van der Waals surface area contributed by atoms with E-state index in [9.17, 15) is 4.79 Å². The minimum absolute atomic E-state index is 0.0469. The summed E-state index contributed by atoms with van der Waals surface area (Å²) in [5, 5.41) is 0. The van der Waals surface area contributed by atoms with Gasteiger partial charge in [0, 0.05) is 24.2 Å². The molecule has 0 radical (unpaired) electrons. The van der Waals surface area contributed by atoms with Crippen LogP contribution in [0.25, 0.3) is 12.2 Å². The van der Waals surface area contributed by atoms with Gasteiger partial charge < -0.3 is 18.9 Å². The maximum atomic E-state index is 13.3. The van der Waals surface area contributed by atoms with Gasteiger partial charge in [-0.25, -0.2) is 0 Å². The maximum Gasteiger partial charge on any atom is 0.187 e. The molecule has 1 heterocycles. The number of carbonyl (C=O) groups is 1. The van der Waals surface area contributed by atoms with Crippen molar-refractivity contribution in [3.63, 3.8) is 0 Å². The second-order valence-corrected chi connectivity index (χ2v) is 7.53. The highest BCUT2D eigenvalue weighted by Gasteiger charge is 2.24. The van der Waals surface area contributed by atoms with Gasteiger partial charge in [0.2, 0.25) is 0 Å². The Morgan fingerprint density at radius 2 is 1.22 bits per heavy atom. The Hall–Kier alpha value is -3.25. The van der Waals surface area contributed by atoms with Crippen LogP contribution in [-0.2, 0) is 4.79 Å². The van der Waals surface area contributed by atoms with Gasteiger partial charge in [0.15, 0.2) is 28.8 Å². The van der Waals surface area contributed by atoms with Gasteiger partial charge in [0.1, 0.15) is 0 Å². The number of likely N-dealkylation sites (N-methyl/N-ethyl adjacent to an activating group) is 1. The molecule has 2 aromatic carbocycles. The number of methoxy groups -OCH3 is 2. The third kappa shape index (κ3) is 5.51. The van der Waals surface area contributed by atoms with Crippen molar-refractivity contribution in [2.24, 2.45) is 0 Å². The molecular weight excluding hydrogens is 406 g/mol. The zero-order valence-electron chi connectivity index (χ0n) is 19.4. The normalized spacial score (nSPS) is 17.0. The number of carbonyl (C=O) groups excluding carboxylic acids is 1. The first kappa shape index (κ1) is 23.4. The van der Waals surface area contributed by atoms with E-state index in [1.165, 1.54) is 0 Å². The smallest absolute Gasteiger partial charge is 0.187 e. The summed E-state index contributed by atoms with van der Waals surface area (Å²) in [4.78, 5) is 15.4. The van der Waals surface area contributed by atoms with E-state index in [0.717, 1.165) is 22.3 Å². The predicted molar refractivity (Wildman–Crippen MR) is 127 cm³/mol. The first-order valence-electron chi connectivity index (χ1n) is 10.7. The van der Waals surface area contributed by atoms with Crippen LogP contribution in [0.15, 0.2) is 47.5 Å². The number of benzene rings is 2. The molecule has 0 amide bonds. The molecule has 3 rings (SSSR count). The molecular formula is C26H31NO5. The van der Waals surface area contributed by atoms with Crippen LogP contribution in [0.5, 0.6) is 23.0 Å². The summed E-state index contributed by atoms with van der Waals surface area (Å²) in [5.74, 6) is 2.72. The second kappa shape index (κ2) is 10.9. The van der Waals surface area contributed by atoms with Crippen molar-refractivity contribution in [3.8, 4) is 23.0 Å². The van der Waals surface area contributed by atoms with E-state index in [0.29, 0.717) is 49.3 Å². The Morgan fingerprint density at radius 1 is 0.781 bits per heavy atom. The Labute approximate surface area is 190 Å². The van der Waals surface area contributed by atoms with E-state index in [-0.39, 0.29) is 5.78 Å². The summed E-state index contributed by atoms with van der Waals surface area (Å²) >= 11 is 0. The van der Waals surface area contributed by atoms with E-state index in [1.807, 2.05) is 69.4 Å². The minimum Gasteiger partial charge on any atom is -0.493 e. The largest absolute Gasteiger partial charge is 0.493 e. The second-order valence-electron chi connectivity index (χ2n) is 7.53. The van der Waals surface area contributed by atoms with Crippen molar-refractivity contribution in [1.29, 1.82) is 0 Å². The number of hydrogen-bond donors (Lipinski definition) is 0. The summed E-state index contributed by atoms with van der Waals surface area (Å²) in [7, 11) is 5.24. The topological polar surface area (TPSA) is 57.2 Å². The zero-order chi connectivity index (χ0) is 23.1. The average Bonchev–Trinajstić information content (AvgIpc) is 2.78. The van der Waals surface area contributed by atoms with Crippen LogP contribution >= 0.6 is 0 Å². The monoisotopic (exact) mass is 437 g/mol. The van der Waals surface area contributed by atoms with E-state index < -0.39 is 0 Å². The highest BCUT2D eigenvalue weighted by molar-refractivity contribution is 6.14. The highest BCUT2D eigenvalue weighted by atomic mass is 16.5. The first-order valence-corrected chi connectivity index (χ1v) is 10.7. The number of piperidine rings is 1. The molecule has 0 aliphatic carbocycles. The van der Waals surface area contributed by atoms with Crippen LogP contribution in [0.2, 0.25) is 0 Å². The van der Waals surface area contributed by atoms with E-state index in [4.69, 9.17) is 18.9 Å². The lowest BCUT2D eigenvalue weighted by molar-refractivity contribution is -0.113. The average molecular weight is 438 g/mol. The van der Waals surface area contributed by atoms with Gasteiger partial charge in [0.25, 0.3) is 0 Å². The molecule has 6 heteroatoms.